The molecule has 37 heavy (non-hydrogen) atoms. The fourth-order valence-electron chi connectivity index (χ4n) is 3.45. The molecule has 0 bridgehead atoms. The molecule has 0 saturated heterocycles. The SMILES string of the molecule is COc1ccnc(C(=O)C[C@@H](C)C(=O)O[C@@H](C)[C@H](Oc2cc(F)cc(Cl)c2)C(C)C)c1OCOC(C)=O. The molecule has 1 aromatic carbocycles. The fourth-order valence-corrected chi connectivity index (χ4v) is 3.66. The molecule has 3 atom stereocenters. The second kappa shape index (κ2) is 13.8. The van der Waals surface area contributed by atoms with Gasteiger partial charge in [0.1, 0.15) is 23.8 Å². The Morgan fingerprint density at radius 3 is 2.41 bits per heavy atom. The number of halogens is 2. The Morgan fingerprint density at radius 1 is 1.11 bits per heavy atom. The van der Waals surface area contributed by atoms with Crippen molar-refractivity contribution in [3.63, 3.8) is 0 Å². The van der Waals surface area contributed by atoms with Crippen LogP contribution in [0.2, 0.25) is 5.02 Å². The van der Waals surface area contributed by atoms with Crippen molar-refractivity contribution in [1.82, 2.24) is 4.98 Å². The number of carbonyl (C=O) groups is 3. The topological polar surface area (TPSA) is 110 Å². The van der Waals surface area contributed by atoms with Crippen LogP contribution in [0, 0.1) is 17.7 Å². The van der Waals surface area contributed by atoms with Crippen LogP contribution in [0.1, 0.15) is 51.5 Å². The number of ether oxygens (including phenoxy) is 5. The van der Waals surface area contributed by atoms with E-state index in [1.54, 1.807) is 13.8 Å². The third-order valence-corrected chi connectivity index (χ3v) is 5.46. The van der Waals surface area contributed by atoms with E-state index < -0.39 is 48.5 Å². The van der Waals surface area contributed by atoms with Gasteiger partial charge in [0.2, 0.25) is 6.79 Å². The van der Waals surface area contributed by atoms with Gasteiger partial charge in [0.05, 0.1) is 13.0 Å². The van der Waals surface area contributed by atoms with Crippen LogP contribution in [0.3, 0.4) is 0 Å². The van der Waals surface area contributed by atoms with Crippen molar-refractivity contribution in [3.8, 4) is 17.2 Å². The van der Waals surface area contributed by atoms with E-state index in [-0.39, 0.29) is 40.3 Å². The number of ketones is 1. The molecule has 202 valence electrons. The molecule has 0 amide bonds. The summed E-state index contributed by atoms with van der Waals surface area (Å²) in [4.78, 5) is 40.9. The predicted octanol–water partition coefficient (Wildman–Crippen LogP) is 5.03. The minimum atomic E-state index is -0.833. The maximum Gasteiger partial charge on any atom is 0.309 e. The summed E-state index contributed by atoms with van der Waals surface area (Å²) in [7, 11) is 1.38. The molecule has 0 spiro atoms. The average molecular weight is 540 g/mol. The molecule has 2 aromatic rings. The number of Topliss-reactive ketones (excluding diaryl/α,β-unsaturated/α-hetero) is 1. The molecule has 0 saturated carbocycles. The first-order valence-corrected chi connectivity index (χ1v) is 12.0. The molecule has 0 fully saturated rings. The first-order valence-electron chi connectivity index (χ1n) is 11.6. The van der Waals surface area contributed by atoms with Crippen molar-refractivity contribution >= 4 is 29.3 Å². The van der Waals surface area contributed by atoms with Gasteiger partial charge in [-0.15, -0.1) is 0 Å². The minimum absolute atomic E-state index is 0.00721. The monoisotopic (exact) mass is 539 g/mol. The van der Waals surface area contributed by atoms with Crippen molar-refractivity contribution < 1.29 is 42.5 Å². The summed E-state index contributed by atoms with van der Waals surface area (Å²) < 4.78 is 40.6. The van der Waals surface area contributed by atoms with Crippen molar-refractivity contribution in [2.75, 3.05) is 13.9 Å². The molecule has 0 aliphatic carbocycles. The lowest BCUT2D eigenvalue weighted by atomic mass is 10.0. The molecular weight excluding hydrogens is 509 g/mol. The van der Waals surface area contributed by atoms with E-state index in [1.807, 2.05) is 13.8 Å². The Morgan fingerprint density at radius 2 is 1.81 bits per heavy atom. The number of esters is 2. The Kier molecular flexibility index (Phi) is 11.1. The first kappa shape index (κ1) is 29.8. The van der Waals surface area contributed by atoms with Crippen molar-refractivity contribution in [2.45, 2.75) is 53.2 Å². The number of nitrogens with zero attached hydrogens (tertiary/aromatic N) is 1. The number of benzene rings is 1. The van der Waals surface area contributed by atoms with Crippen LogP contribution < -0.4 is 14.2 Å². The number of carbonyl (C=O) groups excluding carboxylic acids is 3. The molecule has 0 aliphatic rings. The van der Waals surface area contributed by atoms with Crippen LogP contribution in [0.5, 0.6) is 17.2 Å². The summed E-state index contributed by atoms with van der Waals surface area (Å²) in [5.74, 6) is -2.76. The van der Waals surface area contributed by atoms with Crippen molar-refractivity contribution in [1.29, 1.82) is 0 Å². The van der Waals surface area contributed by atoms with Gasteiger partial charge < -0.3 is 23.7 Å². The average Bonchev–Trinajstić information content (AvgIpc) is 2.81. The van der Waals surface area contributed by atoms with E-state index in [0.29, 0.717) is 0 Å². The zero-order valence-corrected chi connectivity index (χ0v) is 22.3. The van der Waals surface area contributed by atoms with Gasteiger partial charge in [-0.1, -0.05) is 32.4 Å². The zero-order chi connectivity index (χ0) is 27.7. The van der Waals surface area contributed by atoms with Crippen LogP contribution in [0.15, 0.2) is 30.5 Å². The molecule has 0 unspecified atom stereocenters. The predicted molar refractivity (Wildman–Crippen MR) is 132 cm³/mol. The summed E-state index contributed by atoms with van der Waals surface area (Å²) in [6.45, 7) is 7.71. The van der Waals surface area contributed by atoms with E-state index in [0.717, 1.165) is 6.07 Å². The largest absolute Gasteiger partial charge is 0.493 e. The summed E-state index contributed by atoms with van der Waals surface area (Å²) in [6.07, 6.45) is -0.197. The maximum absolute atomic E-state index is 13.7. The molecule has 1 heterocycles. The van der Waals surface area contributed by atoms with Gasteiger partial charge in [-0.25, -0.2) is 9.37 Å². The van der Waals surface area contributed by atoms with Gasteiger partial charge in [-0.05, 0) is 25.0 Å². The van der Waals surface area contributed by atoms with Gasteiger partial charge in [0.15, 0.2) is 23.0 Å². The van der Waals surface area contributed by atoms with E-state index in [9.17, 15) is 18.8 Å². The highest BCUT2D eigenvalue weighted by molar-refractivity contribution is 6.30. The second-order valence-corrected chi connectivity index (χ2v) is 9.13. The first-order chi connectivity index (χ1) is 17.4. The molecule has 0 N–H and O–H groups in total. The van der Waals surface area contributed by atoms with Crippen molar-refractivity contribution in [3.05, 3.63) is 47.0 Å². The summed E-state index contributed by atoms with van der Waals surface area (Å²) in [5, 5.41) is 0.177. The minimum Gasteiger partial charge on any atom is -0.493 e. The Bertz CT molecular complexity index is 1090. The quantitative estimate of drug-likeness (QED) is 0.197. The van der Waals surface area contributed by atoms with Crippen LogP contribution >= 0.6 is 11.6 Å². The highest BCUT2D eigenvalue weighted by Crippen LogP contribution is 2.31. The van der Waals surface area contributed by atoms with E-state index in [4.69, 9.17) is 35.3 Å². The van der Waals surface area contributed by atoms with E-state index in [1.165, 1.54) is 38.4 Å². The number of hydrogen-bond acceptors (Lipinski definition) is 9. The van der Waals surface area contributed by atoms with Gasteiger partial charge in [0, 0.05) is 36.7 Å². The highest BCUT2D eigenvalue weighted by atomic mass is 35.5. The molecule has 9 nitrogen and oxygen atoms in total. The molecule has 2 rings (SSSR count). The van der Waals surface area contributed by atoms with Gasteiger partial charge in [0.25, 0.3) is 0 Å². The van der Waals surface area contributed by atoms with Crippen LogP contribution in [-0.2, 0) is 19.1 Å². The number of rotatable bonds is 13. The highest BCUT2D eigenvalue weighted by Gasteiger charge is 2.30. The Labute approximate surface area is 220 Å². The van der Waals surface area contributed by atoms with Crippen LogP contribution in [0.25, 0.3) is 0 Å². The summed E-state index contributed by atoms with van der Waals surface area (Å²) in [5.41, 5.74) is -0.0782. The molecular formula is C26H31ClFNO8. The van der Waals surface area contributed by atoms with Crippen molar-refractivity contribution in [2.24, 2.45) is 11.8 Å². The maximum atomic E-state index is 13.7. The normalized spacial score (nSPS) is 13.3. The number of pyridine rings is 1. The van der Waals surface area contributed by atoms with E-state index >= 15 is 0 Å². The van der Waals surface area contributed by atoms with Gasteiger partial charge in [-0.3, -0.25) is 14.4 Å². The lowest BCUT2D eigenvalue weighted by Crippen LogP contribution is -2.39. The second-order valence-electron chi connectivity index (χ2n) is 8.69. The zero-order valence-electron chi connectivity index (χ0n) is 21.6. The molecule has 11 heteroatoms. The standard InChI is InChI=1S/C26H31ClFNO8/c1-14(2)24(37-20-11-18(27)10-19(28)12-20)16(4)36-26(32)15(3)9-21(31)23-25(35-13-34-17(5)30)22(33-6)7-8-29-23/h7-8,10-12,14-16,24H,9,13H2,1-6H3/t15-,16+,24-/m1/s1. The third-order valence-electron chi connectivity index (χ3n) is 5.24. The fraction of sp³-hybridized carbons (Fsp3) is 0.462. The summed E-state index contributed by atoms with van der Waals surface area (Å²) >= 11 is 5.91. The smallest absolute Gasteiger partial charge is 0.309 e. The lowest BCUT2D eigenvalue weighted by Gasteiger charge is -2.29. The lowest BCUT2D eigenvalue weighted by molar-refractivity contribution is -0.158. The molecule has 1 aromatic heterocycles. The van der Waals surface area contributed by atoms with Crippen LogP contribution in [0.4, 0.5) is 4.39 Å². The number of aromatic nitrogens is 1. The number of hydrogen-bond donors (Lipinski definition) is 0. The molecule has 0 radical (unpaired) electrons. The van der Waals surface area contributed by atoms with Crippen LogP contribution in [-0.4, -0.2) is 48.8 Å². The third kappa shape index (κ3) is 8.89. The summed E-state index contributed by atoms with van der Waals surface area (Å²) in [6, 6.07) is 5.31. The Hall–Kier alpha value is -3.40. The molecule has 0 aliphatic heterocycles. The van der Waals surface area contributed by atoms with Gasteiger partial charge in [-0.2, -0.15) is 0 Å². The Balaban J connectivity index is 2.09. The van der Waals surface area contributed by atoms with Gasteiger partial charge >= 0.3 is 11.9 Å². The van der Waals surface area contributed by atoms with E-state index in [2.05, 4.69) is 4.98 Å². The number of methoxy groups -OCH3 is 1.